The number of aryl methyl sites for hydroxylation is 2. The third-order valence-electron chi connectivity index (χ3n) is 4.75. The van der Waals surface area contributed by atoms with Gasteiger partial charge in [0.05, 0.1) is 6.61 Å². The first-order valence-electron chi connectivity index (χ1n) is 8.43. The highest BCUT2D eigenvalue weighted by atomic mass is 16.6. The van der Waals surface area contributed by atoms with Gasteiger partial charge in [-0.1, -0.05) is 24.3 Å². The van der Waals surface area contributed by atoms with E-state index >= 15 is 0 Å². The number of hydrogen-bond donors (Lipinski definition) is 3. The largest absolute Gasteiger partial charge is 0.394 e. The quantitative estimate of drug-likeness (QED) is 0.640. The molecular formula is C18H22N2O6. The van der Waals surface area contributed by atoms with Gasteiger partial charge >= 0.3 is 5.69 Å². The molecule has 1 aromatic carbocycles. The van der Waals surface area contributed by atoms with Gasteiger partial charge in [-0.05, 0) is 24.5 Å². The molecule has 0 radical (unpaired) electrons. The average molecular weight is 362 g/mol. The molecule has 0 spiro atoms. The van der Waals surface area contributed by atoms with Crippen LogP contribution in [0.25, 0.3) is 0 Å². The number of benzene rings is 1. The zero-order valence-corrected chi connectivity index (χ0v) is 14.4. The van der Waals surface area contributed by atoms with Gasteiger partial charge in [-0.25, -0.2) is 4.79 Å². The van der Waals surface area contributed by atoms with Crippen LogP contribution in [0.4, 0.5) is 0 Å². The van der Waals surface area contributed by atoms with E-state index < -0.39 is 42.4 Å². The van der Waals surface area contributed by atoms with Crippen molar-refractivity contribution in [1.82, 2.24) is 9.13 Å². The van der Waals surface area contributed by atoms with Crippen LogP contribution in [0.2, 0.25) is 0 Å². The Morgan fingerprint density at radius 1 is 1.12 bits per heavy atom. The average Bonchev–Trinajstić information content (AvgIpc) is 2.91. The fourth-order valence-electron chi connectivity index (χ4n) is 3.16. The fourth-order valence-corrected chi connectivity index (χ4v) is 3.16. The molecule has 1 aliphatic rings. The topological polar surface area (TPSA) is 114 Å². The Morgan fingerprint density at radius 3 is 2.50 bits per heavy atom. The molecule has 0 amide bonds. The number of aromatic nitrogens is 2. The Kier molecular flexibility index (Phi) is 5.38. The van der Waals surface area contributed by atoms with E-state index in [9.17, 15) is 24.9 Å². The van der Waals surface area contributed by atoms with Gasteiger partial charge in [0.1, 0.15) is 18.3 Å². The first-order chi connectivity index (χ1) is 12.4. The van der Waals surface area contributed by atoms with Gasteiger partial charge < -0.3 is 20.1 Å². The highest BCUT2D eigenvalue weighted by Gasteiger charge is 2.43. The zero-order valence-electron chi connectivity index (χ0n) is 14.4. The predicted octanol–water partition coefficient (Wildman–Crippen LogP) is -0.827. The van der Waals surface area contributed by atoms with Crippen LogP contribution < -0.4 is 11.2 Å². The van der Waals surface area contributed by atoms with Crippen molar-refractivity contribution < 1.29 is 20.1 Å². The van der Waals surface area contributed by atoms with E-state index in [1.807, 2.05) is 31.2 Å². The molecule has 8 heteroatoms. The molecule has 0 aliphatic carbocycles. The maximum Gasteiger partial charge on any atom is 0.333 e. The number of nitrogens with zero attached hydrogens (tertiary/aromatic N) is 2. The predicted molar refractivity (Wildman–Crippen MR) is 92.9 cm³/mol. The van der Waals surface area contributed by atoms with Gasteiger partial charge in [-0.3, -0.25) is 13.9 Å². The number of aliphatic hydroxyl groups is 3. The van der Waals surface area contributed by atoms with Crippen LogP contribution in [-0.4, -0.2) is 49.4 Å². The number of ether oxygens (including phenoxy) is 1. The molecule has 1 aromatic heterocycles. The maximum absolute atomic E-state index is 12.7. The van der Waals surface area contributed by atoms with Crippen LogP contribution in [-0.2, 0) is 17.7 Å². The van der Waals surface area contributed by atoms with Crippen molar-refractivity contribution >= 4 is 0 Å². The van der Waals surface area contributed by atoms with Crippen molar-refractivity contribution in [3.63, 3.8) is 0 Å². The minimum atomic E-state index is -1.38. The lowest BCUT2D eigenvalue weighted by atomic mass is 10.1. The molecule has 140 valence electrons. The molecule has 2 aromatic rings. The van der Waals surface area contributed by atoms with Gasteiger partial charge in [-0.2, -0.15) is 0 Å². The minimum absolute atomic E-state index is 0.179. The van der Waals surface area contributed by atoms with Crippen molar-refractivity contribution in [3.05, 3.63) is 68.5 Å². The van der Waals surface area contributed by atoms with Crippen molar-refractivity contribution in [2.24, 2.45) is 0 Å². The van der Waals surface area contributed by atoms with Crippen molar-refractivity contribution in [2.75, 3.05) is 6.61 Å². The summed E-state index contributed by atoms with van der Waals surface area (Å²) in [5.41, 5.74) is 1.01. The molecule has 8 nitrogen and oxygen atoms in total. The SMILES string of the molecule is Cc1ccccc1CCn1c(=O)ccn([C@@H]2O[C@H](CO)[C@H](O)[C@@H]2O)c1=O. The third kappa shape index (κ3) is 3.36. The Bertz CT molecular complexity index is 890. The molecule has 0 unspecified atom stereocenters. The van der Waals surface area contributed by atoms with Crippen LogP contribution in [0, 0.1) is 6.92 Å². The molecule has 4 atom stereocenters. The normalized spacial score (nSPS) is 25.5. The monoisotopic (exact) mass is 362 g/mol. The third-order valence-corrected chi connectivity index (χ3v) is 4.75. The van der Waals surface area contributed by atoms with E-state index in [1.165, 1.54) is 12.3 Å². The van der Waals surface area contributed by atoms with E-state index in [0.717, 1.165) is 20.3 Å². The molecule has 1 aliphatic heterocycles. The summed E-state index contributed by atoms with van der Waals surface area (Å²) in [5, 5.41) is 29.2. The number of hydrogen-bond acceptors (Lipinski definition) is 6. The lowest BCUT2D eigenvalue weighted by Gasteiger charge is -2.18. The van der Waals surface area contributed by atoms with Crippen molar-refractivity contribution in [2.45, 2.75) is 44.4 Å². The summed E-state index contributed by atoms with van der Waals surface area (Å²) >= 11 is 0. The van der Waals surface area contributed by atoms with Gasteiger partial charge in [0.15, 0.2) is 6.23 Å². The maximum atomic E-state index is 12.7. The summed E-state index contributed by atoms with van der Waals surface area (Å²) in [6.07, 6.45) is -3.12. The van der Waals surface area contributed by atoms with Gasteiger partial charge in [0, 0.05) is 18.8 Å². The molecule has 0 bridgehead atoms. The smallest absolute Gasteiger partial charge is 0.333 e. The molecule has 2 heterocycles. The Labute approximate surface area is 149 Å². The zero-order chi connectivity index (χ0) is 18.8. The Morgan fingerprint density at radius 2 is 1.85 bits per heavy atom. The summed E-state index contributed by atoms with van der Waals surface area (Å²) in [4.78, 5) is 24.9. The van der Waals surface area contributed by atoms with Gasteiger partial charge in [-0.15, -0.1) is 0 Å². The van der Waals surface area contributed by atoms with Crippen molar-refractivity contribution in [3.8, 4) is 0 Å². The summed E-state index contributed by atoms with van der Waals surface area (Å²) in [5.74, 6) is 0. The number of aliphatic hydroxyl groups excluding tert-OH is 3. The summed E-state index contributed by atoms with van der Waals surface area (Å²) in [7, 11) is 0. The van der Waals surface area contributed by atoms with Crippen LogP contribution in [0.5, 0.6) is 0 Å². The minimum Gasteiger partial charge on any atom is -0.394 e. The molecule has 3 rings (SSSR count). The lowest BCUT2D eigenvalue weighted by molar-refractivity contribution is -0.0556. The van der Waals surface area contributed by atoms with Crippen LogP contribution in [0.1, 0.15) is 17.4 Å². The lowest BCUT2D eigenvalue weighted by Crippen LogP contribution is -2.43. The second-order valence-electron chi connectivity index (χ2n) is 6.40. The summed E-state index contributed by atoms with van der Waals surface area (Å²) < 4.78 is 7.52. The van der Waals surface area contributed by atoms with Gasteiger partial charge in [0.2, 0.25) is 0 Å². The van der Waals surface area contributed by atoms with E-state index in [0.29, 0.717) is 6.42 Å². The van der Waals surface area contributed by atoms with E-state index in [2.05, 4.69) is 0 Å². The summed E-state index contributed by atoms with van der Waals surface area (Å²) in [6, 6.07) is 8.93. The van der Waals surface area contributed by atoms with Gasteiger partial charge in [0.25, 0.3) is 5.56 Å². The molecule has 26 heavy (non-hydrogen) atoms. The van der Waals surface area contributed by atoms with Crippen LogP contribution in [0.3, 0.4) is 0 Å². The van der Waals surface area contributed by atoms with Crippen LogP contribution >= 0.6 is 0 Å². The fraction of sp³-hybridized carbons (Fsp3) is 0.444. The molecule has 3 N–H and O–H groups in total. The van der Waals surface area contributed by atoms with Crippen molar-refractivity contribution in [1.29, 1.82) is 0 Å². The van der Waals surface area contributed by atoms with Crippen LogP contribution in [0.15, 0.2) is 46.1 Å². The molecule has 1 saturated heterocycles. The first kappa shape index (κ1) is 18.5. The Hall–Kier alpha value is -2.26. The second kappa shape index (κ2) is 7.55. The van der Waals surface area contributed by atoms with E-state index in [4.69, 9.17) is 4.74 Å². The second-order valence-corrected chi connectivity index (χ2v) is 6.40. The van der Waals surface area contributed by atoms with E-state index in [1.54, 1.807) is 0 Å². The highest BCUT2D eigenvalue weighted by Crippen LogP contribution is 2.27. The molecule has 1 fully saturated rings. The number of rotatable bonds is 5. The molecule has 0 saturated carbocycles. The van der Waals surface area contributed by atoms with E-state index in [-0.39, 0.29) is 6.54 Å². The molecular weight excluding hydrogens is 340 g/mol. The highest BCUT2D eigenvalue weighted by molar-refractivity contribution is 5.25. The standard InChI is InChI=1S/C18H22N2O6/c1-11-4-2-3-5-12(11)6-8-19-14(22)7-9-20(18(19)25)17-16(24)15(23)13(10-21)26-17/h2-5,7,9,13,15-17,21,23-24H,6,8,10H2,1H3/t13-,15+,16+,17-/m1/s1. The Balaban J connectivity index is 1.89. The first-order valence-corrected chi connectivity index (χ1v) is 8.43. The summed E-state index contributed by atoms with van der Waals surface area (Å²) in [6.45, 7) is 1.65.